The normalized spacial score (nSPS) is 21.2. The van der Waals surface area contributed by atoms with E-state index in [4.69, 9.17) is 13.9 Å². The molecule has 1 saturated heterocycles. The molecule has 2 aliphatic heterocycles. The summed E-state index contributed by atoms with van der Waals surface area (Å²) in [5.41, 5.74) is 0.744. The Balaban J connectivity index is 1.34. The molecule has 0 radical (unpaired) electrons. The second-order valence-electron chi connectivity index (χ2n) is 7.93. The molecule has 2 amide bonds. The predicted molar refractivity (Wildman–Crippen MR) is 105 cm³/mol. The van der Waals surface area contributed by atoms with Crippen LogP contribution in [0.25, 0.3) is 0 Å². The molecule has 3 heterocycles. The van der Waals surface area contributed by atoms with Crippen molar-refractivity contribution in [3.63, 3.8) is 0 Å². The fraction of sp³-hybridized carbons (Fsp3) is 0.455. The van der Waals surface area contributed by atoms with Crippen molar-refractivity contribution in [1.82, 2.24) is 4.90 Å². The van der Waals surface area contributed by atoms with Crippen LogP contribution < -0.4 is 14.4 Å². The van der Waals surface area contributed by atoms with E-state index in [0.29, 0.717) is 24.6 Å². The van der Waals surface area contributed by atoms with Crippen LogP contribution in [0, 0.1) is 5.92 Å². The zero-order valence-corrected chi connectivity index (χ0v) is 16.2. The summed E-state index contributed by atoms with van der Waals surface area (Å²) >= 11 is 0. The van der Waals surface area contributed by atoms with Crippen molar-refractivity contribution in [3.05, 3.63) is 42.4 Å². The number of amides is 2. The molecule has 2 aromatic rings. The van der Waals surface area contributed by atoms with E-state index in [1.807, 2.05) is 35.2 Å². The SMILES string of the molecule is O=C1CC(C(=O)N(Cc2ccco2)C2CCCC2)CN1c1ccc2c(c1)OCO2. The first-order valence-electron chi connectivity index (χ1n) is 10.2. The summed E-state index contributed by atoms with van der Waals surface area (Å²) < 4.78 is 16.3. The van der Waals surface area contributed by atoms with E-state index in [0.717, 1.165) is 37.1 Å². The van der Waals surface area contributed by atoms with Gasteiger partial charge >= 0.3 is 0 Å². The van der Waals surface area contributed by atoms with Gasteiger partial charge in [0.05, 0.1) is 18.7 Å². The lowest BCUT2D eigenvalue weighted by Gasteiger charge is -2.30. The lowest BCUT2D eigenvalue weighted by atomic mass is 10.0. The first-order valence-corrected chi connectivity index (χ1v) is 10.2. The van der Waals surface area contributed by atoms with Crippen LogP contribution in [0.1, 0.15) is 37.9 Å². The molecule has 1 aromatic heterocycles. The van der Waals surface area contributed by atoms with Crippen molar-refractivity contribution < 1.29 is 23.5 Å². The highest BCUT2D eigenvalue weighted by molar-refractivity contribution is 6.00. The molecule has 3 aliphatic rings. The molecule has 5 rings (SSSR count). The molecule has 2 fully saturated rings. The molecule has 0 bridgehead atoms. The molecule has 7 heteroatoms. The third-order valence-corrected chi connectivity index (χ3v) is 6.10. The standard InChI is InChI=1S/C22H24N2O5/c25-21-10-15(12-23(21)17-7-8-19-20(11-17)29-14-28-19)22(26)24(16-4-1-2-5-16)13-18-6-3-9-27-18/h3,6-9,11,15-16H,1-2,4-5,10,12-14H2. The van der Waals surface area contributed by atoms with Gasteiger partial charge in [-0.2, -0.15) is 0 Å². The van der Waals surface area contributed by atoms with Gasteiger partial charge in [0.2, 0.25) is 18.6 Å². The predicted octanol–water partition coefficient (Wildman–Crippen LogP) is 3.33. The van der Waals surface area contributed by atoms with Crippen LogP contribution in [-0.4, -0.2) is 36.1 Å². The molecular formula is C22H24N2O5. The summed E-state index contributed by atoms with van der Waals surface area (Å²) in [6, 6.07) is 9.42. The third kappa shape index (κ3) is 3.45. The largest absolute Gasteiger partial charge is 0.467 e. The Kier molecular flexibility index (Phi) is 4.66. The molecule has 1 unspecified atom stereocenters. The second kappa shape index (κ2) is 7.46. The average Bonchev–Trinajstić information content (AvgIpc) is 3.52. The van der Waals surface area contributed by atoms with E-state index in [-0.39, 0.29) is 37.0 Å². The maximum atomic E-state index is 13.4. The van der Waals surface area contributed by atoms with Gasteiger partial charge in [-0.15, -0.1) is 0 Å². The van der Waals surface area contributed by atoms with Gasteiger partial charge in [0.15, 0.2) is 11.5 Å². The quantitative estimate of drug-likeness (QED) is 0.775. The molecule has 29 heavy (non-hydrogen) atoms. The van der Waals surface area contributed by atoms with Crippen molar-refractivity contribution in [1.29, 1.82) is 0 Å². The van der Waals surface area contributed by atoms with Gasteiger partial charge in [-0.05, 0) is 37.1 Å². The van der Waals surface area contributed by atoms with Crippen LogP contribution >= 0.6 is 0 Å². The summed E-state index contributed by atoms with van der Waals surface area (Å²) in [6.07, 6.45) is 6.17. The first-order chi connectivity index (χ1) is 14.2. The lowest BCUT2D eigenvalue weighted by molar-refractivity contribution is -0.139. The molecule has 1 aliphatic carbocycles. The number of benzene rings is 1. The van der Waals surface area contributed by atoms with E-state index in [2.05, 4.69) is 0 Å². The van der Waals surface area contributed by atoms with Gasteiger partial charge in [0.25, 0.3) is 0 Å². The zero-order valence-electron chi connectivity index (χ0n) is 16.2. The highest BCUT2D eigenvalue weighted by Gasteiger charge is 2.40. The van der Waals surface area contributed by atoms with Crippen molar-refractivity contribution in [3.8, 4) is 11.5 Å². The van der Waals surface area contributed by atoms with E-state index in [1.54, 1.807) is 11.2 Å². The van der Waals surface area contributed by atoms with E-state index >= 15 is 0 Å². The Bertz CT molecular complexity index is 904. The topological polar surface area (TPSA) is 72.2 Å². The number of hydrogen-bond donors (Lipinski definition) is 0. The molecule has 0 spiro atoms. The minimum atomic E-state index is -0.344. The van der Waals surface area contributed by atoms with Crippen molar-refractivity contribution >= 4 is 17.5 Å². The van der Waals surface area contributed by atoms with Crippen LogP contribution in [0.15, 0.2) is 41.0 Å². The van der Waals surface area contributed by atoms with Crippen LogP contribution in [0.5, 0.6) is 11.5 Å². The number of carbonyl (C=O) groups is 2. The number of hydrogen-bond acceptors (Lipinski definition) is 5. The van der Waals surface area contributed by atoms with Gasteiger partial charge in [-0.25, -0.2) is 0 Å². The summed E-state index contributed by atoms with van der Waals surface area (Å²) in [7, 11) is 0. The van der Waals surface area contributed by atoms with Crippen LogP contribution in [0.2, 0.25) is 0 Å². The van der Waals surface area contributed by atoms with E-state index in [9.17, 15) is 9.59 Å². The minimum Gasteiger partial charge on any atom is -0.467 e. The first kappa shape index (κ1) is 18.1. The maximum Gasteiger partial charge on any atom is 0.231 e. The number of furan rings is 1. The average molecular weight is 396 g/mol. The molecule has 0 N–H and O–H groups in total. The number of carbonyl (C=O) groups excluding carboxylic acids is 2. The summed E-state index contributed by atoms with van der Waals surface area (Å²) in [5, 5.41) is 0. The van der Waals surface area contributed by atoms with Gasteiger partial charge in [-0.1, -0.05) is 12.8 Å². The number of ether oxygens (including phenoxy) is 2. The zero-order chi connectivity index (χ0) is 19.8. The second-order valence-corrected chi connectivity index (χ2v) is 7.93. The maximum absolute atomic E-state index is 13.4. The number of anilines is 1. The smallest absolute Gasteiger partial charge is 0.231 e. The fourth-order valence-electron chi connectivity index (χ4n) is 4.58. The Morgan fingerprint density at radius 2 is 1.97 bits per heavy atom. The summed E-state index contributed by atoms with van der Waals surface area (Å²) in [4.78, 5) is 29.8. The highest BCUT2D eigenvalue weighted by atomic mass is 16.7. The van der Waals surface area contributed by atoms with Gasteiger partial charge in [0.1, 0.15) is 5.76 Å². The highest BCUT2D eigenvalue weighted by Crippen LogP contribution is 2.37. The van der Waals surface area contributed by atoms with Crippen LogP contribution in [0.3, 0.4) is 0 Å². The van der Waals surface area contributed by atoms with Crippen molar-refractivity contribution in [2.75, 3.05) is 18.2 Å². The van der Waals surface area contributed by atoms with E-state index in [1.165, 1.54) is 0 Å². The van der Waals surface area contributed by atoms with Crippen molar-refractivity contribution in [2.45, 2.75) is 44.7 Å². The summed E-state index contributed by atoms with van der Waals surface area (Å²) in [6.45, 7) is 1.04. The molecule has 1 atom stereocenters. The Labute approximate surface area is 169 Å². The Morgan fingerprint density at radius 1 is 1.14 bits per heavy atom. The van der Waals surface area contributed by atoms with Gasteiger partial charge in [-0.3, -0.25) is 9.59 Å². The van der Waals surface area contributed by atoms with Gasteiger partial charge < -0.3 is 23.7 Å². The number of rotatable bonds is 5. The van der Waals surface area contributed by atoms with E-state index < -0.39 is 0 Å². The van der Waals surface area contributed by atoms with Crippen LogP contribution in [0.4, 0.5) is 5.69 Å². The molecular weight excluding hydrogens is 372 g/mol. The van der Waals surface area contributed by atoms with Crippen LogP contribution in [-0.2, 0) is 16.1 Å². The lowest BCUT2D eigenvalue weighted by Crippen LogP contribution is -2.42. The number of nitrogens with zero attached hydrogens (tertiary/aromatic N) is 2. The monoisotopic (exact) mass is 396 g/mol. The third-order valence-electron chi connectivity index (χ3n) is 6.10. The van der Waals surface area contributed by atoms with Crippen molar-refractivity contribution in [2.24, 2.45) is 5.92 Å². The molecule has 7 nitrogen and oxygen atoms in total. The Hall–Kier alpha value is -2.96. The number of fused-ring (bicyclic) bond motifs is 1. The Morgan fingerprint density at radius 3 is 2.76 bits per heavy atom. The minimum absolute atomic E-state index is 0.0356. The molecule has 1 saturated carbocycles. The molecule has 152 valence electrons. The molecule has 1 aromatic carbocycles. The summed E-state index contributed by atoms with van der Waals surface area (Å²) in [5.74, 6) is 1.76. The van der Waals surface area contributed by atoms with Gasteiger partial charge in [0, 0.05) is 30.8 Å². The fourth-order valence-corrected chi connectivity index (χ4v) is 4.58.